The summed E-state index contributed by atoms with van der Waals surface area (Å²) in [4.78, 5) is 31.2. The summed E-state index contributed by atoms with van der Waals surface area (Å²) in [5, 5.41) is 21.8. The minimum atomic E-state index is -1.20. The molecule has 0 saturated heterocycles. The van der Waals surface area contributed by atoms with E-state index in [1.165, 1.54) is 25.4 Å². The number of carboxylic acids is 2. The van der Waals surface area contributed by atoms with Gasteiger partial charge in [0.15, 0.2) is 6.10 Å². The number of carbonyl (C=O) groups is 2. The minimum Gasteiger partial charge on any atom is -0.479 e. The molecular weight excluding hydrogens is 377 g/mol. The maximum absolute atomic E-state index is 13.6. The summed E-state index contributed by atoms with van der Waals surface area (Å²) in [6.07, 6.45) is 0.0788. The van der Waals surface area contributed by atoms with Gasteiger partial charge < -0.3 is 20.3 Å². The molecule has 3 aromatic rings. The van der Waals surface area contributed by atoms with E-state index in [2.05, 4.69) is 15.3 Å². The molecule has 2 heterocycles. The molecule has 0 aliphatic carbocycles. The number of halogens is 1. The number of rotatable bonds is 6. The first-order chi connectivity index (χ1) is 12.8. The zero-order valence-corrected chi connectivity index (χ0v) is 15.0. The topological polar surface area (TPSA) is 122 Å². The number of hydrogen-bond acceptors (Lipinski definition) is 7. The van der Waals surface area contributed by atoms with Crippen LogP contribution in [0.3, 0.4) is 0 Å². The van der Waals surface area contributed by atoms with Gasteiger partial charge in [0.1, 0.15) is 33.4 Å². The Morgan fingerprint density at radius 1 is 1.30 bits per heavy atom. The number of anilines is 2. The highest BCUT2D eigenvalue weighted by atomic mass is 32.1. The van der Waals surface area contributed by atoms with E-state index in [1.807, 2.05) is 0 Å². The van der Waals surface area contributed by atoms with E-state index < -0.39 is 23.9 Å². The molecule has 0 fully saturated rings. The number of carboxylic acid groups (broad SMARTS) is 2. The van der Waals surface area contributed by atoms with Crippen LogP contribution in [0.25, 0.3) is 10.2 Å². The van der Waals surface area contributed by atoms with Crippen molar-refractivity contribution in [2.75, 3.05) is 5.32 Å². The molecule has 3 rings (SSSR count). The highest BCUT2D eigenvalue weighted by Gasteiger charge is 2.20. The van der Waals surface area contributed by atoms with Crippen LogP contribution in [-0.2, 0) is 4.79 Å². The van der Waals surface area contributed by atoms with Crippen molar-refractivity contribution in [1.29, 1.82) is 0 Å². The second kappa shape index (κ2) is 7.16. The standard InChI is InChI=1S/C17H14FN3O5S/c1-7-12-14(19-6-20-15(12)27-13(7)17(24)25)21-10-4-3-9(18)5-11(10)26-8(2)16(22)23/h3-6,8H,1-2H3,(H,22,23)(H,24,25)(H,19,20,21). The zero-order valence-electron chi connectivity index (χ0n) is 14.2. The number of nitrogens with one attached hydrogen (secondary N) is 1. The summed E-state index contributed by atoms with van der Waals surface area (Å²) < 4.78 is 18.9. The summed E-state index contributed by atoms with van der Waals surface area (Å²) in [6.45, 7) is 2.97. The van der Waals surface area contributed by atoms with Gasteiger partial charge >= 0.3 is 11.9 Å². The van der Waals surface area contributed by atoms with Gasteiger partial charge in [0, 0.05) is 6.07 Å². The van der Waals surface area contributed by atoms with E-state index in [9.17, 15) is 19.1 Å². The fourth-order valence-corrected chi connectivity index (χ4v) is 3.42. The van der Waals surface area contributed by atoms with Crippen LogP contribution in [0.1, 0.15) is 22.2 Å². The smallest absolute Gasteiger partial charge is 0.346 e. The van der Waals surface area contributed by atoms with Crippen LogP contribution in [0, 0.1) is 12.7 Å². The molecule has 0 bridgehead atoms. The van der Waals surface area contributed by atoms with Crippen LogP contribution < -0.4 is 10.1 Å². The van der Waals surface area contributed by atoms with E-state index in [0.717, 1.165) is 17.4 Å². The Kier molecular flexibility index (Phi) is 4.91. The number of fused-ring (bicyclic) bond motifs is 1. The monoisotopic (exact) mass is 391 g/mol. The molecule has 10 heteroatoms. The van der Waals surface area contributed by atoms with E-state index in [1.54, 1.807) is 6.92 Å². The summed E-state index contributed by atoms with van der Waals surface area (Å²) in [6, 6.07) is 3.62. The molecule has 140 valence electrons. The van der Waals surface area contributed by atoms with Crippen LogP contribution >= 0.6 is 11.3 Å². The van der Waals surface area contributed by atoms with Crippen molar-refractivity contribution in [2.45, 2.75) is 20.0 Å². The number of thiophene rings is 1. The predicted octanol–water partition coefficient (Wildman–Crippen LogP) is 3.43. The number of ether oxygens (including phenoxy) is 1. The Labute approximate surface area is 156 Å². The first kappa shape index (κ1) is 18.5. The van der Waals surface area contributed by atoms with Crippen LogP contribution in [0.5, 0.6) is 5.75 Å². The van der Waals surface area contributed by atoms with E-state index in [0.29, 0.717) is 21.6 Å². The zero-order chi connectivity index (χ0) is 19.7. The lowest BCUT2D eigenvalue weighted by molar-refractivity contribution is -0.144. The maximum Gasteiger partial charge on any atom is 0.346 e. The second-order valence-electron chi connectivity index (χ2n) is 5.63. The van der Waals surface area contributed by atoms with Gasteiger partial charge in [0.25, 0.3) is 0 Å². The molecule has 0 radical (unpaired) electrons. The molecule has 1 unspecified atom stereocenters. The van der Waals surface area contributed by atoms with Crippen LogP contribution in [0.15, 0.2) is 24.5 Å². The molecule has 0 saturated carbocycles. The largest absolute Gasteiger partial charge is 0.479 e. The van der Waals surface area contributed by atoms with Gasteiger partial charge in [-0.1, -0.05) is 0 Å². The number of hydrogen-bond donors (Lipinski definition) is 3. The third-order valence-corrected chi connectivity index (χ3v) is 4.96. The molecular formula is C17H14FN3O5S. The van der Waals surface area contributed by atoms with Gasteiger partial charge in [-0.05, 0) is 31.5 Å². The number of aromatic nitrogens is 2. The SMILES string of the molecule is Cc1c(C(=O)O)sc2ncnc(Nc3ccc(F)cc3OC(C)C(=O)O)c12. The highest BCUT2D eigenvalue weighted by molar-refractivity contribution is 7.20. The van der Waals surface area contributed by atoms with Crippen molar-refractivity contribution in [3.8, 4) is 5.75 Å². The van der Waals surface area contributed by atoms with Gasteiger partial charge in [-0.25, -0.2) is 23.9 Å². The van der Waals surface area contributed by atoms with E-state index in [4.69, 9.17) is 9.84 Å². The molecule has 3 N–H and O–H groups in total. The minimum absolute atomic E-state index is 0.0111. The lowest BCUT2D eigenvalue weighted by atomic mass is 10.2. The van der Waals surface area contributed by atoms with Crippen molar-refractivity contribution < 1.29 is 28.9 Å². The summed E-state index contributed by atoms with van der Waals surface area (Å²) >= 11 is 1.02. The first-order valence-corrected chi connectivity index (χ1v) is 8.53. The van der Waals surface area contributed by atoms with Gasteiger partial charge in [0.2, 0.25) is 0 Å². The van der Waals surface area contributed by atoms with Gasteiger partial charge in [0.05, 0.1) is 11.1 Å². The molecule has 27 heavy (non-hydrogen) atoms. The first-order valence-electron chi connectivity index (χ1n) is 7.71. The van der Waals surface area contributed by atoms with E-state index in [-0.39, 0.29) is 16.3 Å². The van der Waals surface area contributed by atoms with Crippen LogP contribution in [0.4, 0.5) is 15.9 Å². The van der Waals surface area contributed by atoms with Crippen LogP contribution in [-0.4, -0.2) is 38.2 Å². The Morgan fingerprint density at radius 3 is 2.70 bits per heavy atom. The average Bonchev–Trinajstić information content (AvgIpc) is 2.95. The summed E-state index contributed by atoms with van der Waals surface area (Å²) in [5.74, 6) is -2.57. The predicted molar refractivity (Wildman–Crippen MR) is 96.5 cm³/mol. The Bertz CT molecular complexity index is 1050. The Hall–Kier alpha value is -3.27. The normalized spacial score (nSPS) is 12.0. The lowest BCUT2D eigenvalue weighted by Gasteiger charge is -2.16. The molecule has 0 amide bonds. The van der Waals surface area contributed by atoms with Crippen molar-refractivity contribution >= 4 is 45.0 Å². The van der Waals surface area contributed by atoms with Crippen molar-refractivity contribution in [1.82, 2.24) is 9.97 Å². The van der Waals surface area contributed by atoms with Crippen molar-refractivity contribution in [2.24, 2.45) is 0 Å². The second-order valence-corrected chi connectivity index (χ2v) is 6.63. The number of aliphatic carboxylic acids is 1. The number of aryl methyl sites for hydroxylation is 1. The highest BCUT2D eigenvalue weighted by Crippen LogP contribution is 2.36. The van der Waals surface area contributed by atoms with Crippen LogP contribution in [0.2, 0.25) is 0 Å². The molecule has 1 aromatic carbocycles. The van der Waals surface area contributed by atoms with E-state index >= 15 is 0 Å². The van der Waals surface area contributed by atoms with Gasteiger partial charge in [-0.15, -0.1) is 11.3 Å². The maximum atomic E-state index is 13.6. The molecule has 0 aliphatic heterocycles. The molecule has 2 aromatic heterocycles. The third-order valence-electron chi connectivity index (χ3n) is 3.77. The van der Waals surface area contributed by atoms with Gasteiger partial charge in [-0.2, -0.15) is 0 Å². The fraction of sp³-hybridized carbons (Fsp3) is 0.176. The molecule has 0 aliphatic rings. The molecule has 8 nitrogen and oxygen atoms in total. The van der Waals surface area contributed by atoms with Crippen molar-refractivity contribution in [3.63, 3.8) is 0 Å². The average molecular weight is 391 g/mol. The fourth-order valence-electron chi connectivity index (χ4n) is 2.44. The Morgan fingerprint density at radius 2 is 2.04 bits per heavy atom. The lowest BCUT2D eigenvalue weighted by Crippen LogP contribution is -2.23. The number of benzene rings is 1. The quantitative estimate of drug-likeness (QED) is 0.584. The third kappa shape index (κ3) is 3.65. The Balaban J connectivity index is 2.05. The summed E-state index contributed by atoms with van der Waals surface area (Å²) in [5.41, 5.74) is 0.779. The van der Waals surface area contributed by atoms with Gasteiger partial charge in [-0.3, -0.25) is 0 Å². The molecule has 0 spiro atoms. The molecule has 1 atom stereocenters. The number of aromatic carboxylic acids is 1. The number of nitrogens with zero attached hydrogens (tertiary/aromatic N) is 2. The summed E-state index contributed by atoms with van der Waals surface area (Å²) in [7, 11) is 0. The van der Waals surface area contributed by atoms with Crippen molar-refractivity contribution in [3.05, 3.63) is 40.8 Å².